The zero-order valence-electron chi connectivity index (χ0n) is 13.2. The minimum absolute atomic E-state index is 0.000318. The molecule has 0 aliphatic heterocycles. The molecule has 0 bridgehead atoms. The van der Waals surface area contributed by atoms with Crippen LogP contribution < -0.4 is 5.32 Å². The number of carbonyl (C=O) groups is 1. The van der Waals surface area contributed by atoms with Gasteiger partial charge < -0.3 is 10.4 Å². The van der Waals surface area contributed by atoms with Crippen molar-refractivity contribution in [3.63, 3.8) is 0 Å². The number of nitrogens with zero attached hydrogens (tertiary/aromatic N) is 1. The quantitative estimate of drug-likeness (QED) is 0.838. The Hall–Kier alpha value is -1.39. The SMILES string of the molecule is CCCC(C(=O)NCC1(O)CCc2ccccc21)N(C)C. The number of nitrogens with one attached hydrogen (secondary N) is 1. The first-order chi connectivity index (χ1) is 9.98. The molecule has 4 heteroatoms. The second-order valence-electron chi connectivity index (χ2n) is 6.17. The standard InChI is InChI=1S/C17H26N2O2/c1-4-7-15(19(2)3)16(20)18-12-17(21)11-10-13-8-5-6-9-14(13)17/h5-6,8-9,15,21H,4,7,10-12H2,1-3H3,(H,18,20). The Morgan fingerprint density at radius 3 is 2.81 bits per heavy atom. The van der Waals surface area contributed by atoms with Gasteiger partial charge >= 0.3 is 0 Å². The van der Waals surface area contributed by atoms with Crippen LogP contribution in [0.5, 0.6) is 0 Å². The van der Waals surface area contributed by atoms with Crippen molar-refractivity contribution in [2.45, 2.75) is 44.2 Å². The predicted octanol–water partition coefficient (Wildman–Crippen LogP) is 1.67. The molecule has 0 heterocycles. The molecule has 0 aromatic heterocycles. The summed E-state index contributed by atoms with van der Waals surface area (Å²) in [5.74, 6) is -0.000318. The van der Waals surface area contributed by atoms with E-state index in [-0.39, 0.29) is 18.5 Å². The largest absolute Gasteiger partial charge is 0.383 e. The number of amides is 1. The summed E-state index contributed by atoms with van der Waals surface area (Å²) in [5.41, 5.74) is 1.23. The fourth-order valence-electron chi connectivity index (χ4n) is 3.10. The highest BCUT2D eigenvalue weighted by Crippen LogP contribution is 2.36. The number of benzene rings is 1. The molecule has 2 unspecified atom stereocenters. The van der Waals surface area contributed by atoms with E-state index in [0.717, 1.165) is 24.8 Å². The highest BCUT2D eigenvalue weighted by Gasteiger charge is 2.37. The van der Waals surface area contributed by atoms with E-state index < -0.39 is 5.60 Å². The lowest BCUT2D eigenvalue weighted by Gasteiger charge is -2.28. The van der Waals surface area contributed by atoms with E-state index in [1.165, 1.54) is 5.56 Å². The normalized spacial score (nSPS) is 22.1. The molecule has 0 saturated heterocycles. The van der Waals surface area contributed by atoms with Crippen LogP contribution in [-0.4, -0.2) is 42.6 Å². The molecule has 21 heavy (non-hydrogen) atoms. The maximum absolute atomic E-state index is 12.3. The van der Waals surface area contributed by atoms with Crippen molar-refractivity contribution in [1.82, 2.24) is 10.2 Å². The molecule has 1 amide bonds. The third kappa shape index (κ3) is 3.44. The lowest BCUT2D eigenvalue weighted by molar-refractivity contribution is -0.127. The van der Waals surface area contributed by atoms with Crippen molar-refractivity contribution in [3.05, 3.63) is 35.4 Å². The third-order valence-electron chi connectivity index (χ3n) is 4.37. The number of carbonyl (C=O) groups excluding carboxylic acids is 1. The topological polar surface area (TPSA) is 52.6 Å². The second kappa shape index (κ2) is 6.58. The van der Waals surface area contributed by atoms with Crippen LogP contribution in [0.4, 0.5) is 0 Å². The Bertz CT molecular complexity index is 501. The van der Waals surface area contributed by atoms with Crippen molar-refractivity contribution >= 4 is 5.91 Å². The third-order valence-corrected chi connectivity index (χ3v) is 4.37. The number of rotatable bonds is 6. The van der Waals surface area contributed by atoms with Gasteiger partial charge in [-0.05, 0) is 44.5 Å². The number of likely N-dealkylation sites (N-methyl/N-ethyl adjacent to an activating group) is 1. The molecule has 1 aromatic carbocycles. The van der Waals surface area contributed by atoms with E-state index in [9.17, 15) is 9.90 Å². The van der Waals surface area contributed by atoms with Crippen LogP contribution in [0.1, 0.15) is 37.3 Å². The zero-order valence-corrected chi connectivity index (χ0v) is 13.2. The molecule has 2 N–H and O–H groups in total. The Kier molecular flexibility index (Phi) is 5.01. The van der Waals surface area contributed by atoms with Crippen molar-refractivity contribution in [3.8, 4) is 0 Å². The van der Waals surface area contributed by atoms with E-state index in [0.29, 0.717) is 6.42 Å². The molecular formula is C17H26N2O2. The molecule has 2 rings (SSSR count). The first-order valence-corrected chi connectivity index (χ1v) is 7.73. The van der Waals surface area contributed by atoms with Crippen molar-refractivity contribution in [1.29, 1.82) is 0 Å². The van der Waals surface area contributed by atoms with E-state index in [1.807, 2.05) is 37.2 Å². The maximum atomic E-state index is 12.3. The summed E-state index contributed by atoms with van der Waals surface area (Å²) in [6.07, 6.45) is 3.33. The van der Waals surface area contributed by atoms with E-state index >= 15 is 0 Å². The highest BCUT2D eigenvalue weighted by molar-refractivity contribution is 5.81. The van der Waals surface area contributed by atoms with Gasteiger partial charge in [0.05, 0.1) is 12.6 Å². The fourth-order valence-corrected chi connectivity index (χ4v) is 3.10. The van der Waals surface area contributed by atoms with Gasteiger partial charge in [0.2, 0.25) is 5.91 Å². The van der Waals surface area contributed by atoms with Crippen molar-refractivity contribution in [2.75, 3.05) is 20.6 Å². The van der Waals surface area contributed by atoms with Gasteiger partial charge in [-0.15, -0.1) is 0 Å². The molecule has 4 nitrogen and oxygen atoms in total. The lowest BCUT2D eigenvalue weighted by Crippen LogP contribution is -2.47. The lowest BCUT2D eigenvalue weighted by atomic mass is 9.95. The van der Waals surface area contributed by atoms with Gasteiger partial charge in [-0.3, -0.25) is 9.69 Å². The van der Waals surface area contributed by atoms with Crippen molar-refractivity contribution in [2.24, 2.45) is 0 Å². The van der Waals surface area contributed by atoms with Gasteiger partial charge in [-0.1, -0.05) is 37.6 Å². The summed E-state index contributed by atoms with van der Waals surface area (Å²) in [4.78, 5) is 14.3. The average molecular weight is 290 g/mol. The van der Waals surface area contributed by atoms with E-state index in [1.54, 1.807) is 0 Å². The summed E-state index contributed by atoms with van der Waals surface area (Å²) < 4.78 is 0. The predicted molar refractivity (Wildman–Crippen MR) is 84.1 cm³/mol. The molecule has 0 spiro atoms. The highest BCUT2D eigenvalue weighted by atomic mass is 16.3. The first kappa shape index (κ1) is 16.0. The van der Waals surface area contributed by atoms with Gasteiger partial charge in [0.25, 0.3) is 0 Å². The summed E-state index contributed by atoms with van der Waals surface area (Å²) in [6.45, 7) is 2.36. The molecule has 1 aliphatic carbocycles. The fraction of sp³-hybridized carbons (Fsp3) is 0.588. The Labute approximate surface area is 127 Å². The van der Waals surface area contributed by atoms with E-state index in [2.05, 4.69) is 18.3 Å². The molecule has 1 aromatic rings. The van der Waals surface area contributed by atoms with Gasteiger partial charge in [0.15, 0.2) is 0 Å². The minimum Gasteiger partial charge on any atom is -0.383 e. The Morgan fingerprint density at radius 2 is 2.14 bits per heavy atom. The Balaban J connectivity index is 2.01. The number of aryl methyl sites for hydroxylation is 1. The molecule has 0 fully saturated rings. The summed E-state index contributed by atoms with van der Waals surface area (Å²) in [7, 11) is 3.83. The molecule has 0 radical (unpaired) electrons. The van der Waals surface area contributed by atoms with Gasteiger partial charge in [0.1, 0.15) is 5.60 Å². The summed E-state index contributed by atoms with van der Waals surface area (Å²) in [5, 5.41) is 13.8. The number of hydrogen-bond acceptors (Lipinski definition) is 3. The molecule has 1 aliphatic rings. The molecule has 0 saturated carbocycles. The molecule has 2 atom stereocenters. The smallest absolute Gasteiger partial charge is 0.237 e. The van der Waals surface area contributed by atoms with Crippen LogP contribution in [0.25, 0.3) is 0 Å². The van der Waals surface area contributed by atoms with Crippen molar-refractivity contribution < 1.29 is 9.90 Å². The summed E-state index contributed by atoms with van der Waals surface area (Å²) >= 11 is 0. The van der Waals surface area contributed by atoms with Gasteiger partial charge in [-0.2, -0.15) is 0 Å². The van der Waals surface area contributed by atoms with Gasteiger partial charge in [-0.25, -0.2) is 0 Å². The summed E-state index contributed by atoms with van der Waals surface area (Å²) in [6, 6.07) is 7.82. The van der Waals surface area contributed by atoms with Crippen LogP contribution in [0.3, 0.4) is 0 Å². The number of hydrogen-bond donors (Lipinski definition) is 2. The van der Waals surface area contributed by atoms with Gasteiger partial charge in [0, 0.05) is 0 Å². The second-order valence-corrected chi connectivity index (χ2v) is 6.17. The van der Waals surface area contributed by atoms with Crippen LogP contribution >= 0.6 is 0 Å². The van der Waals surface area contributed by atoms with Crippen LogP contribution in [0.2, 0.25) is 0 Å². The monoisotopic (exact) mass is 290 g/mol. The first-order valence-electron chi connectivity index (χ1n) is 7.73. The zero-order chi connectivity index (χ0) is 15.5. The minimum atomic E-state index is -0.921. The average Bonchev–Trinajstić information content (AvgIpc) is 2.81. The van der Waals surface area contributed by atoms with E-state index in [4.69, 9.17) is 0 Å². The Morgan fingerprint density at radius 1 is 1.43 bits per heavy atom. The molecular weight excluding hydrogens is 264 g/mol. The number of fused-ring (bicyclic) bond motifs is 1. The molecule has 116 valence electrons. The number of aliphatic hydroxyl groups is 1. The maximum Gasteiger partial charge on any atom is 0.237 e. The van der Waals surface area contributed by atoms with Crippen LogP contribution in [0.15, 0.2) is 24.3 Å². The van der Waals surface area contributed by atoms with Crippen LogP contribution in [-0.2, 0) is 16.8 Å². The van der Waals surface area contributed by atoms with Crippen LogP contribution in [0, 0.1) is 0 Å².